The zero-order chi connectivity index (χ0) is 14.1. The first kappa shape index (κ1) is 14.1. The van der Waals surface area contributed by atoms with Crippen LogP contribution in [0.1, 0.15) is 24.8 Å². The first-order chi connectivity index (χ1) is 9.65. The van der Waals surface area contributed by atoms with Crippen molar-refractivity contribution in [2.24, 2.45) is 5.73 Å². The highest BCUT2D eigenvalue weighted by Crippen LogP contribution is 2.28. The molecule has 2 saturated heterocycles. The lowest BCUT2D eigenvalue weighted by Gasteiger charge is -2.27. The standard InChI is InChI=1S/C15H20ClN3S/c16-14-9-11(4-5-13(14)15(17)20)19-8-2-7-18-6-1-3-12(18)10-19/h4-5,9,12H,1-3,6-8,10H2,(H2,17,20). The fourth-order valence-corrected chi connectivity index (χ4v) is 3.85. The Morgan fingerprint density at radius 2 is 2.05 bits per heavy atom. The van der Waals surface area contributed by atoms with Crippen LogP contribution in [0.15, 0.2) is 18.2 Å². The molecule has 3 rings (SSSR count). The van der Waals surface area contributed by atoms with Crippen molar-refractivity contribution >= 4 is 34.5 Å². The summed E-state index contributed by atoms with van der Waals surface area (Å²) in [4.78, 5) is 5.44. The molecular formula is C15H20ClN3S. The van der Waals surface area contributed by atoms with Gasteiger partial charge in [-0.05, 0) is 44.0 Å². The second-order valence-electron chi connectivity index (χ2n) is 5.66. The third-order valence-electron chi connectivity index (χ3n) is 4.39. The summed E-state index contributed by atoms with van der Waals surface area (Å²) in [5.74, 6) is 0. The number of hydrogen-bond donors (Lipinski definition) is 1. The predicted octanol–water partition coefficient (Wildman–Crippen LogP) is 2.65. The quantitative estimate of drug-likeness (QED) is 0.851. The molecule has 0 saturated carbocycles. The Bertz CT molecular complexity index is 520. The molecule has 2 aliphatic heterocycles. The van der Waals surface area contributed by atoms with Crippen molar-refractivity contribution in [3.63, 3.8) is 0 Å². The van der Waals surface area contributed by atoms with E-state index in [1.807, 2.05) is 12.1 Å². The summed E-state index contributed by atoms with van der Waals surface area (Å²) >= 11 is 11.3. The monoisotopic (exact) mass is 309 g/mol. The molecule has 5 heteroatoms. The molecule has 0 spiro atoms. The average molecular weight is 310 g/mol. The van der Waals surface area contributed by atoms with Gasteiger partial charge in [-0.1, -0.05) is 23.8 Å². The van der Waals surface area contributed by atoms with Gasteiger partial charge in [0.2, 0.25) is 0 Å². The molecule has 3 nitrogen and oxygen atoms in total. The Kier molecular flexibility index (Phi) is 4.15. The molecular weight excluding hydrogens is 290 g/mol. The molecule has 20 heavy (non-hydrogen) atoms. The van der Waals surface area contributed by atoms with E-state index in [0.29, 0.717) is 16.1 Å². The van der Waals surface area contributed by atoms with Gasteiger partial charge in [-0.15, -0.1) is 0 Å². The highest BCUT2D eigenvalue weighted by molar-refractivity contribution is 7.80. The molecule has 2 aliphatic rings. The smallest absolute Gasteiger partial charge is 0.105 e. The Morgan fingerprint density at radius 3 is 2.80 bits per heavy atom. The highest BCUT2D eigenvalue weighted by atomic mass is 35.5. The second kappa shape index (κ2) is 5.88. The molecule has 1 aromatic rings. The second-order valence-corrected chi connectivity index (χ2v) is 6.51. The van der Waals surface area contributed by atoms with Crippen LogP contribution < -0.4 is 10.6 Å². The average Bonchev–Trinajstić information content (AvgIpc) is 2.75. The maximum atomic E-state index is 6.29. The lowest BCUT2D eigenvalue weighted by Crippen LogP contribution is -2.36. The van der Waals surface area contributed by atoms with Crippen LogP contribution in [-0.2, 0) is 0 Å². The van der Waals surface area contributed by atoms with Gasteiger partial charge < -0.3 is 10.6 Å². The van der Waals surface area contributed by atoms with Crippen LogP contribution in [0.5, 0.6) is 0 Å². The van der Waals surface area contributed by atoms with Crippen molar-refractivity contribution in [1.82, 2.24) is 4.90 Å². The van der Waals surface area contributed by atoms with Crippen LogP contribution in [0.4, 0.5) is 5.69 Å². The molecule has 0 aliphatic carbocycles. The van der Waals surface area contributed by atoms with E-state index in [-0.39, 0.29) is 0 Å². The van der Waals surface area contributed by atoms with Gasteiger partial charge in [-0.3, -0.25) is 4.90 Å². The summed E-state index contributed by atoms with van der Waals surface area (Å²) in [6, 6.07) is 6.73. The number of hydrogen-bond acceptors (Lipinski definition) is 3. The lowest BCUT2D eigenvalue weighted by atomic mass is 10.1. The van der Waals surface area contributed by atoms with Gasteiger partial charge in [0, 0.05) is 36.9 Å². The van der Waals surface area contributed by atoms with Crippen LogP contribution >= 0.6 is 23.8 Å². The zero-order valence-corrected chi connectivity index (χ0v) is 13.1. The molecule has 2 heterocycles. The minimum absolute atomic E-state index is 0.361. The van der Waals surface area contributed by atoms with Crippen LogP contribution in [-0.4, -0.2) is 42.1 Å². The molecule has 2 N–H and O–H groups in total. The summed E-state index contributed by atoms with van der Waals surface area (Å²) in [7, 11) is 0. The van der Waals surface area contributed by atoms with Crippen LogP contribution in [0.3, 0.4) is 0 Å². The SMILES string of the molecule is NC(=S)c1ccc(N2CCCN3CCCC3C2)cc1Cl. The highest BCUT2D eigenvalue weighted by Gasteiger charge is 2.28. The normalized spacial score (nSPS) is 23.4. The number of thiocarbonyl (C=S) groups is 1. The van der Waals surface area contributed by atoms with E-state index < -0.39 is 0 Å². The molecule has 0 amide bonds. The van der Waals surface area contributed by atoms with Crippen molar-refractivity contribution in [1.29, 1.82) is 0 Å². The van der Waals surface area contributed by atoms with Gasteiger partial charge in [-0.2, -0.15) is 0 Å². The van der Waals surface area contributed by atoms with Gasteiger partial charge in [0.15, 0.2) is 0 Å². The van der Waals surface area contributed by atoms with Gasteiger partial charge in [0.25, 0.3) is 0 Å². The first-order valence-corrected chi connectivity index (χ1v) is 8.02. The number of benzene rings is 1. The topological polar surface area (TPSA) is 32.5 Å². The summed E-state index contributed by atoms with van der Waals surface area (Å²) < 4.78 is 0. The van der Waals surface area contributed by atoms with E-state index in [1.54, 1.807) is 0 Å². The summed E-state index contributed by atoms with van der Waals surface area (Å²) in [6.07, 6.45) is 3.86. The van der Waals surface area contributed by atoms with E-state index in [9.17, 15) is 0 Å². The van der Waals surface area contributed by atoms with Crippen molar-refractivity contribution in [3.05, 3.63) is 28.8 Å². The molecule has 0 bridgehead atoms. The van der Waals surface area contributed by atoms with Gasteiger partial charge in [0.05, 0.1) is 5.02 Å². The number of nitrogens with zero attached hydrogens (tertiary/aromatic N) is 2. The number of nitrogens with two attached hydrogens (primary N) is 1. The van der Waals surface area contributed by atoms with E-state index in [2.05, 4.69) is 15.9 Å². The Balaban J connectivity index is 1.81. The third kappa shape index (κ3) is 2.78. The fraction of sp³-hybridized carbons (Fsp3) is 0.533. The van der Waals surface area contributed by atoms with Crippen molar-refractivity contribution in [2.45, 2.75) is 25.3 Å². The predicted molar refractivity (Wildman–Crippen MR) is 88.8 cm³/mol. The number of fused-ring (bicyclic) bond motifs is 1. The third-order valence-corrected chi connectivity index (χ3v) is 4.92. The van der Waals surface area contributed by atoms with Gasteiger partial charge >= 0.3 is 0 Å². The zero-order valence-electron chi connectivity index (χ0n) is 11.5. The number of anilines is 1. The molecule has 1 aromatic carbocycles. The molecule has 2 fully saturated rings. The summed E-state index contributed by atoms with van der Waals surface area (Å²) in [5, 5.41) is 0.655. The van der Waals surface area contributed by atoms with Crippen molar-refractivity contribution < 1.29 is 0 Å². The fourth-order valence-electron chi connectivity index (χ4n) is 3.34. The molecule has 1 unspecified atom stereocenters. The van der Waals surface area contributed by atoms with Crippen LogP contribution in [0.2, 0.25) is 5.02 Å². The Morgan fingerprint density at radius 1 is 1.25 bits per heavy atom. The van der Waals surface area contributed by atoms with E-state index in [4.69, 9.17) is 29.6 Å². The minimum atomic E-state index is 0.361. The molecule has 0 aromatic heterocycles. The summed E-state index contributed by atoms with van der Waals surface area (Å²) in [6.45, 7) is 4.68. The van der Waals surface area contributed by atoms with Crippen molar-refractivity contribution in [2.75, 3.05) is 31.1 Å². The summed E-state index contributed by atoms with van der Waals surface area (Å²) in [5.41, 5.74) is 7.62. The lowest BCUT2D eigenvalue weighted by molar-refractivity contribution is 0.273. The van der Waals surface area contributed by atoms with E-state index in [1.165, 1.54) is 38.0 Å². The van der Waals surface area contributed by atoms with Gasteiger partial charge in [-0.25, -0.2) is 0 Å². The Labute approximate surface area is 130 Å². The maximum Gasteiger partial charge on any atom is 0.105 e. The van der Waals surface area contributed by atoms with E-state index >= 15 is 0 Å². The molecule has 1 atom stereocenters. The van der Waals surface area contributed by atoms with E-state index in [0.717, 1.165) is 18.7 Å². The first-order valence-electron chi connectivity index (χ1n) is 7.23. The number of halogens is 1. The Hall–Kier alpha value is -0.840. The maximum absolute atomic E-state index is 6.29. The van der Waals surface area contributed by atoms with Crippen LogP contribution in [0, 0.1) is 0 Å². The number of rotatable bonds is 2. The molecule has 0 radical (unpaired) electrons. The minimum Gasteiger partial charge on any atom is -0.389 e. The van der Waals surface area contributed by atoms with Crippen molar-refractivity contribution in [3.8, 4) is 0 Å². The van der Waals surface area contributed by atoms with Crippen LogP contribution in [0.25, 0.3) is 0 Å². The largest absolute Gasteiger partial charge is 0.389 e. The molecule has 108 valence electrons. The van der Waals surface area contributed by atoms with Gasteiger partial charge in [0.1, 0.15) is 4.99 Å².